The van der Waals surface area contributed by atoms with Crippen LogP contribution in [0.2, 0.25) is 0 Å². The van der Waals surface area contributed by atoms with Crippen molar-refractivity contribution >= 4 is 5.91 Å². The smallest absolute Gasteiger partial charge is 0.229 e. The van der Waals surface area contributed by atoms with Crippen molar-refractivity contribution in [3.05, 3.63) is 12.2 Å². The lowest BCUT2D eigenvalue weighted by Gasteiger charge is -2.38. The Morgan fingerprint density at radius 1 is 1.24 bits per heavy atom. The SMILES string of the molecule is NC1C=CC(C(=O)N2CCN3CCCC3C2)C1. The van der Waals surface area contributed by atoms with Gasteiger partial charge in [-0.15, -0.1) is 0 Å². The van der Waals surface area contributed by atoms with Crippen molar-refractivity contribution in [3.63, 3.8) is 0 Å². The quantitative estimate of drug-likeness (QED) is 0.660. The Hall–Kier alpha value is -0.870. The van der Waals surface area contributed by atoms with Crippen LogP contribution in [-0.2, 0) is 4.79 Å². The van der Waals surface area contributed by atoms with Gasteiger partial charge in [-0.2, -0.15) is 0 Å². The molecule has 3 rings (SSSR count). The number of piperazine rings is 1. The summed E-state index contributed by atoms with van der Waals surface area (Å²) in [5, 5.41) is 0. The molecule has 94 valence electrons. The van der Waals surface area contributed by atoms with E-state index in [0.29, 0.717) is 11.9 Å². The Bertz CT molecular complexity index is 342. The van der Waals surface area contributed by atoms with E-state index in [9.17, 15) is 4.79 Å². The van der Waals surface area contributed by atoms with E-state index in [0.717, 1.165) is 26.1 Å². The van der Waals surface area contributed by atoms with Crippen LogP contribution < -0.4 is 5.73 Å². The first-order valence-electron chi connectivity index (χ1n) is 6.71. The summed E-state index contributed by atoms with van der Waals surface area (Å²) in [6.07, 6.45) is 7.30. The highest BCUT2D eigenvalue weighted by Crippen LogP contribution is 2.25. The van der Waals surface area contributed by atoms with Gasteiger partial charge in [-0.1, -0.05) is 12.2 Å². The molecule has 0 aromatic rings. The molecule has 1 aliphatic carbocycles. The van der Waals surface area contributed by atoms with E-state index in [-0.39, 0.29) is 12.0 Å². The summed E-state index contributed by atoms with van der Waals surface area (Å²) in [5.41, 5.74) is 5.81. The van der Waals surface area contributed by atoms with Gasteiger partial charge in [-0.05, 0) is 25.8 Å². The zero-order chi connectivity index (χ0) is 11.8. The molecular formula is C13H21N3O. The van der Waals surface area contributed by atoms with Crippen LogP contribution >= 0.6 is 0 Å². The summed E-state index contributed by atoms with van der Waals surface area (Å²) < 4.78 is 0. The second-order valence-corrected chi connectivity index (χ2v) is 5.51. The second-order valence-electron chi connectivity index (χ2n) is 5.51. The molecule has 0 bridgehead atoms. The van der Waals surface area contributed by atoms with Crippen LogP contribution in [0.25, 0.3) is 0 Å². The number of nitrogens with zero attached hydrogens (tertiary/aromatic N) is 2. The van der Waals surface area contributed by atoms with E-state index in [2.05, 4.69) is 9.80 Å². The molecule has 0 aromatic heterocycles. The van der Waals surface area contributed by atoms with E-state index < -0.39 is 0 Å². The number of carbonyl (C=O) groups excluding carboxylic acids is 1. The predicted molar refractivity (Wildman–Crippen MR) is 66.4 cm³/mol. The number of amides is 1. The van der Waals surface area contributed by atoms with Crippen molar-refractivity contribution < 1.29 is 4.79 Å². The van der Waals surface area contributed by atoms with Gasteiger partial charge in [0.2, 0.25) is 5.91 Å². The van der Waals surface area contributed by atoms with Gasteiger partial charge in [0.15, 0.2) is 0 Å². The zero-order valence-electron chi connectivity index (χ0n) is 10.2. The monoisotopic (exact) mass is 235 g/mol. The molecule has 3 atom stereocenters. The van der Waals surface area contributed by atoms with Crippen LogP contribution in [0.4, 0.5) is 0 Å². The molecule has 2 N–H and O–H groups in total. The number of fused-ring (bicyclic) bond motifs is 1. The lowest BCUT2D eigenvalue weighted by atomic mass is 10.0. The first-order valence-corrected chi connectivity index (χ1v) is 6.71. The Balaban J connectivity index is 1.61. The lowest BCUT2D eigenvalue weighted by Crippen LogP contribution is -2.53. The van der Waals surface area contributed by atoms with Crippen LogP contribution in [-0.4, -0.2) is 54.0 Å². The molecule has 0 saturated carbocycles. The maximum absolute atomic E-state index is 12.3. The second kappa shape index (κ2) is 4.42. The summed E-state index contributed by atoms with van der Waals surface area (Å²) in [6.45, 7) is 4.10. The van der Waals surface area contributed by atoms with Gasteiger partial charge in [-0.3, -0.25) is 9.69 Å². The summed E-state index contributed by atoms with van der Waals surface area (Å²) in [7, 11) is 0. The van der Waals surface area contributed by atoms with Crippen molar-refractivity contribution in [1.29, 1.82) is 0 Å². The Morgan fingerprint density at radius 2 is 2.12 bits per heavy atom. The van der Waals surface area contributed by atoms with Crippen LogP contribution in [0.5, 0.6) is 0 Å². The number of carbonyl (C=O) groups is 1. The van der Waals surface area contributed by atoms with Gasteiger partial charge in [0, 0.05) is 31.7 Å². The standard InChI is InChI=1S/C13H21N3O/c14-11-4-3-10(8-11)13(17)16-7-6-15-5-1-2-12(15)9-16/h3-4,10-12H,1-2,5-9,14H2. The predicted octanol–water partition coefficient (Wildman–Crippen LogP) is 0.196. The number of hydrogen-bond acceptors (Lipinski definition) is 3. The van der Waals surface area contributed by atoms with Gasteiger partial charge >= 0.3 is 0 Å². The van der Waals surface area contributed by atoms with Crippen molar-refractivity contribution in [1.82, 2.24) is 9.80 Å². The molecule has 3 aliphatic rings. The average molecular weight is 235 g/mol. The lowest BCUT2D eigenvalue weighted by molar-refractivity contribution is -0.136. The highest BCUT2D eigenvalue weighted by molar-refractivity contribution is 5.81. The minimum Gasteiger partial charge on any atom is -0.339 e. The summed E-state index contributed by atoms with van der Waals surface area (Å²) >= 11 is 0. The molecular weight excluding hydrogens is 214 g/mol. The Morgan fingerprint density at radius 3 is 2.88 bits per heavy atom. The molecule has 2 aliphatic heterocycles. The van der Waals surface area contributed by atoms with Crippen molar-refractivity contribution in [2.75, 3.05) is 26.2 Å². The zero-order valence-corrected chi connectivity index (χ0v) is 10.2. The largest absolute Gasteiger partial charge is 0.339 e. The van der Waals surface area contributed by atoms with Gasteiger partial charge in [0.25, 0.3) is 0 Å². The normalized spacial score (nSPS) is 37.5. The fourth-order valence-corrected chi connectivity index (χ4v) is 3.34. The minimum atomic E-state index is 0.0398. The van der Waals surface area contributed by atoms with E-state index in [4.69, 9.17) is 5.73 Å². The molecule has 2 heterocycles. The van der Waals surface area contributed by atoms with Crippen LogP contribution in [0.15, 0.2) is 12.2 Å². The molecule has 4 nitrogen and oxygen atoms in total. The summed E-state index contributed by atoms with van der Waals surface area (Å²) in [6, 6.07) is 0.698. The molecule has 0 radical (unpaired) electrons. The Kier molecular flexibility index (Phi) is 2.92. The first kappa shape index (κ1) is 11.2. The molecule has 4 heteroatoms. The average Bonchev–Trinajstić information content (AvgIpc) is 2.95. The maximum Gasteiger partial charge on any atom is 0.229 e. The van der Waals surface area contributed by atoms with Gasteiger partial charge in [0.1, 0.15) is 0 Å². The topological polar surface area (TPSA) is 49.6 Å². The summed E-state index contributed by atoms with van der Waals surface area (Å²) in [4.78, 5) is 16.9. The van der Waals surface area contributed by atoms with E-state index in [1.165, 1.54) is 19.4 Å². The molecule has 3 unspecified atom stereocenters. The van der Waals surface area contributed by atoms with Crippen molar-refractivity contribution in [2.24, 2.45) is 11.7 Å². The van der Waals surface area contributed by atoms with Gasteiger partial charge < -0.3 is 10.6 Å². The molecule has 0 spiro atoms. The highest BCUT2D eigenvalue weighted by atomic mass is 16.2. The third-order valence-corrected chi connectivity index (χ3v) is 4.33. The molecule has 2 fully saturated rings. The number of rotatable bonds is 1. The fourth-order valence-electron chi connectivity index (χ4n) is 3.34. The Labute approximate surface area is 102 Å². The molecule has 0 aromatic carbocycles. The summed E-state index contributed by atoms with van der Waals surface area (Å²) in [5.74, 6) is 0.332. The fraction of sp³-hybridized carbons (Fsp3) is 0.769. The molecule has 17 heavy (non-hydrogen) atoms. The minimum absolute atomic E-state index is 0.0398. The van der Waals surface area contributed by atoms with Crippen molar-refractivity contribution in [2.45, 2.75) is 31.3 Å². The molecule has 2 saturated heterocycles. The van der Waals surface area contributed by atoms with Crippen LogP contribution in [0.1, 0.15) is 19.3 Å². The number of nitrogens with two attached hydrogens (primary N) is 1. The van der Waals surface area contributed by atoms with Gasteiger partial charge in [0.05, 0.1) is 5.92 Å². The third-order valence-electron chi connectivity index (χ3n) is 4.33. The van der Waals surface area contributed by atoms with Crippen molar-refractivity contribution in [3.8, 4) is 0 Å². The van der Waals surface area contributed by atoms with Crippen LogP contribution in [0, 0.1) is 5.92 Å². The first-order chi connectivity index (χ1) is 8.24. The third kappa shape index (κ3) is 2.11. The molecule has 1 amide bonds. The van der Waals surface area contributed by atoms with Gasteiger partial charge in [-0.25, -0.2) is 0 Å². The van der Waals surface area contributed by atoms with E-state index in [1.807, 2.05) is 12.2 Å². The maximum atomic E-state index is 12.3. The highest BCUT2D eigenvalue weighted by Gasteiger charge is 2.35. The van der Waals surface area contributed by atoms with E-state index in [1.54, 1.807) is 0 Å². The van der Waals surface area contributed by atoms with E-state index >= 15 is 0 Å². The van der Waals surface area contributed by atoms with Crippen LogP contribution in [0.3, 0.4) is 0 Å². The number of hydrogen-bond donors (Lipinski definition) is 1.